The molecule has 374 valence electrons. The zero-order valence-corrected chi connectivity index (χ0v) is 45.4. The summed E-state index contributed by atoms with van der Waals surface area (Å²) >= 11 is 0. The van der Waals surface area contributed by atoms with Crippen molar-refractivity contribution in [3.05, 3.63) is 119 Å². The zero-order chi connectivity index (χ0) is 48.1. The number of hydrogen-bond donors (Lipinski definition) is 1. The SMILES string of the molecule is CCCCCCCCCCCCCCCCCC[NH+](C)CCCCCCCCCCCCCCCCCC.Cc1ccccc1[B-](c1ccccc1C)(c1ccccc1C)c1ccccc1C. The molecule has 2 heteroatoms. The van der Waals surface area contributed by atoms with E-state index in [4.69, 9.17) is 0 Å². The summed E-state index contributed by atoms with van der Waals surface area (Å²) in [6.07, 6.45) is 45.7. The second-order valence-electron chi connectivity index (χ2n) is 21.4. The number of benzene rings is 4. The summed E-state index contributed by atoms with van der Waals surface area (Å²) in [6.45, 7) is 16.4. The quantitative estimate of drug-likeness (QED) is 0.0338. The third kappa shape index (κ3) is 22.9. The lowest BCUT2D eigenvalue weighted by Crippen LogP contribution is -3.09. The van der Waals surface area contributed by atoms with Gasteiger partial charge in [0.2, 0.25) is 0 Å². The molecule has 4 rings (SSSR count). The fourth-order valence-corrected chi connectivity index (χ4v) is 11.4. The fourth-order valence-electron chi connectivity index (χ4n) is 11.4. The summed E-state index contributed by atoms with van der Waals surface area (Å²) in [6, 6.07) is 35.7. The Labute approximate surface area is 417 Å². The molecule has 0 aliphatic rings. The molecule has 4 aromatic rings. The van der Waals surface area contributed by atoms with Crippen LogP contribution >= 0.6 is 0 Å². The van der Waals surface area contributed by atoms with Crippen LogP contribution in [0.25, 0.3) is 0 Å². The Balaban J connectivity index is 0.000000365. The van der Waals surface area contributed by atoms with Crippen LogP contribution in [-0.4, -0.2) is 26.3 Å². The largest absolute Gasteiger partial charge is 0.337 e. The van der Waals surface area contributed by atoms with Gasteiger partial charge in [-0.2, -0.15) is 21.9 Å². The Morgan fingerprint density at radius 1 is 0.269 bits per heavy atom. The van der Waals surface area contributed by atoms with Crippen molar-refractivity contribution < 1.29 is 4.90 Å². The lowest BCUT2D eigenvalue weighted by molar-refractivity contribution is -0.880. The molecule has 0 atom stereocenters. The predicted octanol–water partition coefficient (Wildman–Crippen LogP) is 16.3. The van der Waals surface area contributed by atoms with E-state index in [0.717, 1.165) is 0 Å². The third-order valence-corrected chi connectivity index (χ3v) is 15.5. The van der Waals surface area contributed by atoms with Crippen molar-refractivity contribution in [1.82, 2.24) is 0 Å². The maximum Gasteiger partial charge on any atom is 0.109 e. The molecule has 0 unspecified atom stereocenters. The van der Waals surface area contributed by atoms with Gasteiger partial charge in [0.15, 0.2) is 0 Å². The average molecular weight is 912 g/mol. The molecular weight excluding hydrogens is 806 g/mol. The van der Waals surface area contributed by atoms with E-state index >= 15 is 0 Å². The number of unbranched alkanes of at least 4 members (excludes halogenated alkanes) is 30. The van der Waals surface area contributed by atoms with E-state index in [1.165, 1.54) is 263 Å². The highest BCUT2D eigenvalue weighted by Gasteiger charge is 2.35. The van der Waals surface area contributed by atoms with Gasteiger partial charge in [0.25, 0.3) is 0 Å². The minimum Gasteiger partial charge on any atom is -0.337 e. The van der Waals surface area contributed by atoms with Crippen molar-refractivity contribution in [2.24, 2.45) is 0 Å². The Morgan fingerprint density at radius 3 is 0.642 bits per heavy atom. The normalized spacial score (nSPS) is 11.6. The summed E-state index contributed by atoms with van der Waals surface area (Å²) in [5.74, 6) is 0. The highest BCUT2D eigenvalue weighted by Crippen LogP contribution is 2.18. The highest BCUT2D eigenvalue weighted by atomic mass is 15.1. The van der Waals surface area contributed by atoms with Gasteiger partial charge in [-0.25, -0.2) is 0 Å². The molecule has 1 N–H and O–H groups in total. The van der Waals surface area contributed by atoms with Gasteiger partial charge in [0.05, 0.1) is 20.1 Å². The van der Waals surface area contributed by atoms with Gasteiger partial charge in [0, 0.05) is 0 Å². The minimum atomic E-state index is -1.32. The molecule has 0 radical (unpaired) electrons. The first-order valence-electron chi connectivity index (χ1n) is 29.1. The molecule has 0 saturated carbocycles. The lowest BCUT2D eigenvalue weighted by atomic mass is 9.11. The van der Waals surface area contributed by atoms with Crippen LogP contribution in [0.5, 0.6) is 0 Å². The van der Waals surface area contributed by atoms with Crippen molar-refractivity contribution in [3.8, 4) is 0 Å². The number of hydrogen-bond acceptors (Lipinski definition) is 0. The molecule has 1 nitrogen and oxygen atoms in total. The van der Waals surface area contributed by atoms with Crippen molar-refractivity contribution in [3.63, 3.8) is 0 Å². The molecule has 0 aromatic heterocycles. The number of nitrogens with one attached hydrogen (secondary N) is 1. The molecule has 0 saturated heterocycles. The standard InChI is InChI=1S/C37H77N.C28H28B/c1-4-6-8-10-12-14-16-18-20-22-24-26-28-30-32-34-36-38(3)37-35-33-31-29-27-25-23-21-19-17-15-13-11-9-7-5-2;1-21-13-5-9-17-25(21)29(26-18-10-6-14-22(26)2,27-19-11-7-15-23(27)3)28-20-12-8-16-24(28)4/h4-37H2,1-3H3;5-20H,1-4H3/q;-1/p+1. The molecule has 0 amide bonds. The van der Waals surface area contributed by atoms with E-state index in [1.54, 1.807) is 4.90 Å². The summed E-state index contributed by atoms with van der Waals surface area (Å²) < 4.78 is 0. The molecule has 0 aliphatic carbocycles. The first-order chi connectivity index (χ1) is 32.9. The molecule has 0 spiro atoms. The van der Waals surface area contributed by atoms with E-state index in [0.29, 0.717) is 0 Å². The van der Waals surface area contributed by atoms with Crippen LogP contribution < -0.4 is 26.8 Å². The van der Waals surface area contributed by atoms with Crippen molar-refractivity contribution in [2.75, 3.05) is 20.1 Å². The second-order valence-corrected chi connectivity index (χ2v) is 21.4. The number of rotatable bonds is 38. The highest BCUT2D eigenvalue weighted by molar-refractivity contribution is 7.20. The molecule has 0 aliphatic heterocycles. The van der Waals surface area contributed by atoms with Crippen molar-refractivity contribution in [1.29, 1.82) is 0 Å². The van der Waals surface area contributed by atoms with E-state index in [2.05, 4.69) is 146 Å². The van der Waals surface area contributed by atoms with E-state index in [1.807, 2.05) is 0 Å². The molecule has 0 bridgehead atoms. The Kier molecular flexibility index (Phi) is 32.8. The van der Waals surface area contributed by atoms with Crippen LogP contribution in [0.4, 0.5) is 0 Å². The maximum absolute atomic E-state index is 2.43. The first-order valence-corrected chi connectivity index (χ1v) is 29.1. The first kappa shape index (κ1) is 58.2. The molecule has 0 heterocycles. The summed E-state index contributed by atoms with van der Waals surface area (Å²) in [5.41, 5.74) is 11.0. The zero-order valence-electron chi connectivity index (χ0n) is 45.4. The minimum absolute atomic E-state index is 1.32. The molecular formula is C65H106BN. The van der Waals surface area contributed by atoms with Gasteiger partial charge in [-0.15, -0.1) is 0 Å². The molecule has 67 heavy (non-hydrogen) atoms. The van der Waals surface area contributed by atoms with Gasteiger partial charge in [-0.3, -0.25) is 0 Å². The van der Waals surface area contributed by atoms with Gasteiger partial charge in [-0.05, 0) is 53.4 Å². The summed E-state index contributed by atoms with van der Waals surface area (Å²) in [5, 5.41) is 0. The lowest BCUT2D eigenvalue weighted by Gasteiger charge is -2.48. The van der Waals surface area contributed by atoms with Crippen LogP contribution in [0.2, 0.25) is 0 Å². The molecule has 0 fully saturated rings. The molecule has 4 aromatic carbocycles. The topological polar surface area (TPSA) is 4.44 Å². The van der Waals surface area contributed by atoms with Crippen LogP contribution in [0, 0.1) is 27.7 Å². The fraction of sp³-hybridized carbons (Fsp3) is 0.631. The Bertz CT molecular complexity index is 1550. The predicted molar refractivity (Wildman–Crippen MR) is 305 cm³/mol. The van der Waals surface area contributed by atoms with Crippen LogP contribution in [-0.2, 0) is 0 Å². The van der Waals surface area contributed by atoms with E-state index in [9.17, 15) is 0 Å². The monoisotopic (exact) mass is 912 g/mol. The van der Waals surface area contributed by atoms with Gasteiger partial charge < -0.3 is 4.90 Å². The number of aryl methyl sites for hydroxylation is 4. The van der Waals surface area contributed by atoms with Gasteiger partial charge in [-0.1, -0.05) is 313 Å². The van der Waals surface area contributed by atoms with Crippen LogP contribution in [0.1, 0.15) is 242 Å². The van der Waals surface area contributed by atoms with Crippen LogP contribution in [0.3, 0.4) is 0 Å². The Hall–Kier alpha value is -3.10. The van der Waals surface area contributed by atoms with E-state index in [-0.39, 0.29) is 0 Å². The smallest absolute Gasteiger partial charge is 0.109 e. The maximum atomic E-state index is 2.43. The average Bonchev–Trinajstić information content (AvgIpc) is 3.33. The van der Waals surface area contributed by atoms with Crippen molar-refractivity contribution >= 4 is 28.0 Å². The van der Waals surface area contributed by atoms with E-state index < -0.39 is 6.15 Å². The van der Waals surface area contributed by atoms with Crippen LogP contribution in [0.15, 0.2) is 97.1 Å². The summed E-state index contributed by atoms with van der Waals surface area (Å²) in [7, 11) is 2.43. The Morgan fingerprint density at radius 2 is 0.448 bits per heavy atom. The number of quaternary nitrogens is 1. The second kappa shape index (κ2) is 37.8. The van der Waals surface area contributed by atoms with Crippen molar-refractivity contribution in [2.45, 2.75) is 247 Å². The summed E-state index contributed by atoms with van der Waals surface area (Å²) in [4.78, 5) is 1.78. The van der Waals surface area contributed by atoms with Gasteiger partial charge >= 0.3 is 0 Å². The van der Waals surface area contributed by atoms with Gasteiger partial charge in [0.1, 0.15) is 6.15 Å². The third-order valence-electron chi connectivity index (χ3n) is 15.5.